The maximum absolute atomic E-state index is 14.7. The Morgan fingerprint density at radius 2 is 1.81 bits per heavy atom. The van der Waals surface area contributed by atoms with E-state index in [9.17, 15) is 13.2 Å². The van der Waals surface area contributed by atoms with Crippen molar-refractivity contribution in [2.75, 3.05) is 13.7 Å². The topological polar surface area (TPSA) is 18.5 Å². The molecule has 3 rings (SSSR count). The first-order valence-electron chi connectivity index (χ1n) is 9.48. The van der Waals surface area contributed by atoms with Gasteiger partial charge in [-0.1, -0.05) is 31.9 Å². The summed E-state index contributed by atoms with van der Waals surface area (Å²) < 4.78 is 54.4. The Morgan fingerprint density at radius 3 is 2.44 bits per heavy atom. The van der Waals surface area contributed by atoms with Crippen LogP contribution in [0.3, 0.4) is 0 Å². The highest BCUT2D eigenvalue weighted by atomic mass is 19.2. The van der Waals surface area contributed by atoms with Crippen molar-refractivity contribution in [2.24, 2.45) is 5.92 Å². The predicted octanol–water partition coefficient (Wildman–Crippen LogP) is 6.44. The van der Waals surface area contributed by atoms with E-state index in [1.807, 2.05) is 0 Å². The Labute approximate surface area is 158 Å². The zero-order valence-electron chi connectivity index (χ0n) is 15.7. The van der Waals surface area contributed by atoms with Gasteiger partial charge in [-0.2, -0.15) is 0 Å². The van der Waals surface area contributed by atoms with Gasteiger partial charge < -0.3 is 9.47 Å². The second kappa shape index (κ2) is 8.79. The van der Waals surface area contributed by atoms with Crippen LogP contribution in [-0.2, 0) is 4.74 Å². The fraction of sp³-hybridized carbons (Fsp3) is 0.455. The van der Waals surface area contributed by atoms with Crippen LogP contribution in [0.2, 0.25) is 0 Å². The van der Waals surface area contributed by atoms with Gasteiger partial charge in [0.15, 0.2) is 11.6 Å². The molecular formula is C22H25F3O2. The average Bonchev–Trinajstić information content (AvgIpc) is 2.69. The highest BCUT2D eigenvalue weighted by Crippen LogP contribution is 2.37. The molecule has 2 nitrogen and oxygen atoms in total. The molecule has 1 saturated heterocycles. The van der Waals surface area contributed by atoms with Crippen LogP contribution >= 0.6 is 0 Å². The molecule has 2 atom stereocenters. The summed E-state index contributed by atoms with van der Waals surface area (Å²) in [7, 11) is 1.42. The number of rotatable bonds is 6. The summed E-state index contributed by atoms with van der Waals surface area (Å²) in [5, 5.41) is 0. The lowest BCUT2D eigenvalue weighted by molar-refractivity contribution is -0.0217. The smallest absolute Gasteiger partial charge is 0.167 e. The molecule has 2 unspecified atom stereocenters. The highest BCUT2D eigenvalue weighted by molar-refractivity contribution is 5.66. The second-order valence-corrected chi connectivity index (χ2v) is 7.08. The summed E-state index contributed by atoms with van der Waals surface area (Å²) in [4.78, 5) is 0. The highest BCUT2D eigenvalue weighted by Gasteiger charge is 2.27. The first kappa shape index (κ1) is 19.7. The van der Waals surface area contributed by atoms with E-state index in [0.717, 1.165) is 31.7 Å². The summed E-state index contributed by atoms with van der Waals surface area (Å²) in [5.74, 6) is -1.86. The van der Waals surface area contributed by atoms with E-state index in [1.165, 1.54) is 31.4 Å². The van der Waals surface area contributed by atoms with Gasteiger partial charge in [0.2, 0.25) is 0 Å². The minimum Gasteiger partial charge on any atom is -0.497 e. The Hall–Kier alpha value is -2.01. The van der Waals surface area contributed by atoms with Crippen LogP contribution in [0.25, 0.3) is 11.1 Å². The van der Waals surface area contributed by atoms with Crippen molar-refractivity contribution in [2.45, 2.75) is 45.1 Å². The van der Waals surface area contributed by atoms with Gasteiger partial charge >= 0.3 is 0 Å². The summed E-state index contributed by atoms with van der Waals surface area (Å²) in [5.41, 5.74) is 0.107. The van der Waals surface area contributed by atoms with Crippen molar-refractivity contribution >= 4 is 0 Å². The summed E-state index contributed by atoms with van der Waals surface area (Å²) in [6.45, 7) is 2.72. The standard InChI is InChI=1S/C22H25F3O2/c1-3-4-5-14-6-11-20(27-13-14)18-10-9-17(21(24)22(18)25)16-8-7-15(26-2)12-19(16)23/h7-10,12,14,20H,3-6,11,13H2,1-2H3. The molecule has 0 saturated carbocycles. The molecule has 1 heterocycles. The minimum atomic E-state index is -1.05. The van der Waals surface area contributed by atoms with E-state index >= 15 is 0 Å². The Bertz CT molecular complexity index is 783. The lowest BCUT2D eigenvalue weighted by atomic mass is 9.90. The lowest BCUT2D eigenvalue weighted by Crippen LogP contribution is -2.21. The first-order valence-corrected chi connectivity index (χ1v) is 9.48. The molecule has 1 aliphatic rings. The molecule has 1 aliphatic heterocycles. The molecule has 0 aliphatic carbocycles. The van der Waals surface area contributed by atoms with E-state index in [2.05, 4.69) is 6.92 Å². The van der Waals surface area contributed by atoms with Crippen LogP contribution in [0.15, 0.2) is 30.3 Å². The predicted molar refractivity (Wildman–Crippen MR) is 99.2 cm³/mol. The van der Waals surface area contributed by atoms with Crippen molar-refractivity contribution in [1.29, 1.82) is 0 Å². The van der Waals surface area contributed by atoms with Gasteiger partial charge in [0.05, 0.1) is 19.8 Å². The lowest BCUT2D eigenvalue weighted by Gasteiger charge is -2.29. The fourth-order valence-electron chi connectivity index (χ4n) is 3.63. The molecule has 0 spiro atoms. The normalized spacial score (nSPS) is 19.9. The van der Waals surface area contributed by atoms with Crippen molar-refractivity contribution in [3.8, 4) is 16.9 Å². The maximum atomic E-state index is 14.7. The number of benzene rings is 2. The number of unbranched alkanes of at least 4 members (excludes halogenated alkanes) is 1. The molecule has 27 heavy (non-hydrogen) atoms. The van der Waals surface area contributed by atoms with Crippen LogP contribution in [0, 0.1) is 23.4 Å². The van der Waals surface area contributed by atoms with Crippen LogP contribution in [0.5, 0.6) is 5.75 Å². The molecule has 0 amide bonds. The molecule has 0 bridgehead atoms. The van der Waals surface area contributed by atoms with Crippen LogP contribution < -0.4 is 4.74 Å². The number of ether oxygens (including phenoxy) is 2. The van der Waals surface area contributed by atoms with E-state index < -0.39 is 23.6 Å². The number of hydrogen-bond acceptors (Lipinski definition) is 2. The van der Waals surface area contributed by atoms with Gasteiger partial charge in [-0.25, -0.2) is 13.2 Å². The molecule has 0 radical (unpaired) electrons. The van der Waals surface area contributed by atoms with Crippen LogP contribution in [0.1, 0.15) is 50.7 Å². The molecule has 2 aromatic carbocycles. The second-order valence-electron chi connectivity index (χ2n) is 7.08. The summed E-state index contributed by atoms with van der Waals surface area (Å²) >= 11 is 0. The van der Waals surface area contributed by atoms with E-state index in [0.29, 0.717) is 24.7 Å². The molecular weight excluding hydrogens is 353 g/mol. The first-order chi connectivity index (χ1) is 13.0. The van der Waals surface area contributed by atoms with E-state index in [4.69, 9.17) is 9.47 Å². The minimum absolute atomic E-state index is 0.00272. The van der Waals surface area contributed by atoms with Crippen molar-refractivity contribution in [3.63, 3.8) is 0 Å². The maximum Gasteiger partial charge on any atom is 0.167 e. The third-order valence-corrected chi connectivity index (χ3v) is 5.26. The fourth-order valence-corrected chi connectivity index (χ4v) is 3.63. The molecule has 2 aromatic rings. The van der Waals surface area contributed by atoms with Gasteiger partial charge in [0.1, 0.15) is 11.6 Å². The number of halogens is 3. The molecule has 0 aromatic heterocycles. The summed E-state index contributed by atoms with van der Waals surface area (Å²) in [6, 6.07) is 6.99. The number of methoxy groups -OCH3 is 1. The third kappa shape index (κ3) is 4.29. The zero-order valence-corrected chi connectivity index (χ0v) is 15.7. The SMILES string of the molecule is CCCCC1CCC(c2ccc(-c3ccc(OC)cc3F)c(F)c2F)OC1. The molecule has 5 heteroatoms. The molecule has 1 fully saturated rings. The van der Waals surface area contributed by atoms with Gasteiger partial charge in [-0.15, -0.1) is 0 Å². The van der Waals surface area contributed by atoms with Gasteiger partial charge in [0.25, 0.3) is 0 Å². The van der Waals surface area contributed by atoms with Crippen molar-refractivity contribution in [3.05, 3.63) is 53.3 Å². The largest absolute Gasteiger partial charge is 0.497 e. The van der Waals surface area contributed by atoms with Crippen molar-refractivity contribution in [1.82, 2.24) is 0 Å². The van der Waals surface area contributed by atoms with E-state index in [1.54, 1.807) is 0 Å². The Morgan fingerprint density at radius 1 is 1.04 bits per heavy atom. The molecule has 0 N–H and O–H groups in total. The van der Waals surface area contributed by atoms with Crippen LogP contribution in [-0.4, -0.2) is 13.7 Å². The molecule has 146 valence electrons. The van der Waals surface area contributed by atoms with Gasteiger partial charge in [0, 0.05) is 22.8 Å². The van der Waals surface area contributed by atoms with Crippen molar-refractivity contribution < 1.29 is 22.6 Å². The zero-order chi connectivity index (χ0) is 19.4. The van der Waals surface area contributed by atoms with E-state index in [-0.39, 0.29) is 16.7 Å². The summed E-state index contributed by atoms with van der Waals surface area (Å²) in [6.07, 6.45) is 4.57. The Balaban J connectivity index is 1.80. The third-order valence-electron chi connectivity index (χ3n) is 5.26. The van der Waals surface area contributed by atoms with Gasteiger partial charge in [-0.3, -0.25) is 0 Å². The van der Waals surface area contributed by atoms with Crippen LogP contribution in [0.4, 0.5) is 13.2 Å². The number of hydrogen-bond donors (Lipinski definition) is 0. The Kier molecular flexibility index (Phi) is 6.42. The average molecular weight is 378 g/mol. The van der Waals surface area contributed by atoms with Gasteiger partial charge in [-0.05, 0) is 37.3 Å². The monoisotopic (exact) mass is 378 g/mol. The quantitative estimate of drug-likeness (QED) is 0.576.